The third-order valence-electron chi connectivity index (χ3n) is 4.23. The van der Waals surface area contributed by atoms with Gasteiger partial charge in [-0.3, -0.25) is 0 Å². The first-order valence-electron chi connectivity index (χ1n) is 7.18. The summed E-state index contributed by atoms with van der Waals surface area (Å²) in [5.41, 5.74) is 8.07. The molecule has 1 unspecified atom stereocenters. The molecule has 0 nitrogen and oxygen atoms in total. The van der Waals surface area contributed by atoms with Gasteiger partial charge in [0.15, 0.2) is 0 Å². The molecular weight excluding hydrogens is 276 g/mol. The maximum atomic E-state index is 2.45. The lowest BCUT2D eigenvalue weighted by Gasteiger charge is -2.14. The monoisotopic (exact) mass is 297 g/mol. The van der Waals surface area contributed by atoms with Gasteiger partial charge in [0.1, 0.15) is 0 Å². The van der Waals surface area contributed by atoms with E-state index in [1.807, 2.05) is 11.3 Å². The van der Waals surface area contributed by atoms with Crippen molar-refractivity contribution >= 4 is 26.2 Å². The Balaban J connectivity index is 2.22. The molecule has 20 heavy (non-hydrogen) atoms. The van der Waals surface area contributed by atoms with E-state index in [0.29, 0.717) is 0 Å². The molecule has 0 fully saturated rings. The van der Waals surface area contributed by atoms with Crippen LogP contribution in [0.4, 0.5) is 0 Å². The van der Waals surface area contributed by atoms with E-state index in [-0.39, 0.29) is 8.80 Å². The lowest BCUT2D eigenvalue weighted by Crippen LogP contribution is -2.13. The predicted octanol–water partition coefficient (Wildman–Crippen LogP) is 5.83. The lowest BCUT2D eigenvalue weighted by molar-refractivity contribution is 1.14. The van der Waals surface area contributed by atoms with Gasteiger partial charge in [-0.05, 0) is 37.5 Å². The van der Waals surface area contributed by atoms with E-state index in [2.05, 4.69) is 64.2 Å². The van der Waals surface area contributed by atoms with Crippen molar-refractivity contribution in [1.29, 1.82) is 0 Å². The number of hydrogen-bond acceptors (Lipinski definition) is 1. The molecule has 2 aromatic rings. The normalized spacial score (nSPS) is 17.5. The van der Waals surface area contributed by atoms with Crippen molar-refractivity contribution in [3.8, 4) is 11.1 Å². The molecule has 0 bridgehead atoms. The zero-order valence-electron chi connectivity index (χ0n) is 12.9. The van der Waals surface area contributed by atoms with Crippen LogP contribution in [0.5, 0.6) is 0 Å². The molecule has 0 saturated carbocycles. The fraction of sp³-hybridized carbons (Fsp3) is 0.333. The third-order valence-corrected chi connectivity index (χ3v) is 7.52. The maximum Gasteiger partial charge on any atom is 0.0562 e. The van der Waals surface area contributed by atoms with E-state index in [0.717, 1.165) is 5.54 Å². The topological polar surface area (TPSA) is 0 Å². The summed E-state index contributed by atoms with van der Waals surface area (Å²) >= 11 is 2.02. The largest absolute Gasteiger partial charge is 0.144 e. The highest BCUT2D eigenvalue weighted by Crippen LogP contribution is 2.49. The van der Waals surface area contributed by atoms with Gasteiger partial charge in [0.05, 0.1) is 8.80 Å². The second kappa shape index (κ2) is 5.01. The Morgan fingerprint density at radius 1 is 1.05 bits per heavy atom. The van der Waals surface area contributed by atoms with Gasteiger partial charge in [0.2, 0.25) is 0 Å². The van der Waals surface area contributed by atoms with Crippen LogP contribution in [0, 0.1) is 13.8 Å². The van der Waals surface area contributed by atoms with Gasteiger partial charge in [0, 0.05) is 20.9 Å². The van der Waals surface area contributed by atoms with Crippen LogP contribution in [0.25, 0.3) is 17.2 Å². The third kappa shape index (κ3) is 2.02. The first kappa shape index (κ1) is 13.8. The molecule has 0 spiro atoms. The summed E-state index contributed by atoms with van der Waals surface area (Å²) in [5, 5.41) is 0. The van der Waals surface area contributed by atoms with Crippen LogP contribution in [-0.4, -0.2) is 8.80 Å². The van der Waals surface area contributed by atoms with Gasteiger partial charge >= 0.3 is 0 Å². The Hall–Kier alpha value is -1.12. The highest BCUT2D eigenvalue weighted by atomic mass is 32.1. The van der Waals surface area contributed by atoms with Crippen LogP contribution in [-0.2, 0) is 0 Å². The lowest BCUT2D eigenvalue weighted by atomic mass is 9.97. The molecule has 1 aliphatic carbocycles. The van der Waals surface area contributed by atoms with Crippen molar-refractivity contribution in [2.75, 3.05) is 0 Å². The summed E-state index contributed by atoms with van der Waals surface area (Å²) in [5.74, 6) is 0. The quantitative estimate of drug-likeness (QED) is 0.612. The molecule has 0 N–H and O–H groups in total. The van der Waals surface area contributed by atoms with Gasteiger partial charge in [0.25, 0.3) is 0 Å². The van der Waals surface area contributed by atoms with Crippen molar-refractivity contribution in [2.45, 2.75) is 39.4 Å². The standard InChI is InChI=1S/C18H21SSi/c1-11-8-6-7-9-14(11)16-13(3)19-17-15(16)10-12(2)18(17)20(4)5/h6-10,18H,1-5H3. The van der Waals surface area contributed by atoms with E-state index in [1.54, 1.807) is 10.5 Å². The summed E-state index contributed by atoms with van der Waals surface area (Å²) in [7, 11) is -0.325. The van der Waals surface area contributed by atoms with Gasteiger partial charge in [-0.25, -0.2) is 0 Å². The summed E-state index contributed by atoms with van der Waals surface area (Å²) < 4.78 is 0. The minimum atomic E-state index is -0.325. The number of hydrogen-bond donors (Lipinski definition) is 0. The van der Waals surface area contributed by atoms with Crippen molar-refractivity contribution < 1.29 is 0 Å². The molecule has 0 saturated heterocycles. The summed E-state index contributed by atoms with van der Waals surface area (Å²) in [6.07, 6.45) is 2.45. The van der Waals surface area contributed by atoms with Crippen molar-refractivity contribution in [3.63, 3.8) is 0 Å². The van der Waals surface area contributed by atoms with Gasteiger partial charge in [-0.2, -0.15) is 0 Å². The Bertz CT molecular complexity index is 691. The molecule has 1 heterocycles. The SMILES string of the molecule is CC1=Cc2c(sc(C)c2-c2ccccc2C)C1[Si](C)C. The fourth-order valence-electron chi connectivity index (χ4n) is 3.36. The Morgan fingerprint density at radius 2 is 1.75 bits per heavy atom. The number of allylic oxidation sites excluding steroid dienone is 1. The highest BCUT2D eigenvalue weighted by molar-refractivity contribution is 7.13. The molecule has 1 atom stereocenters. The molecular formula is C18H21SSi. The molecule has 3 rings (SSSR count). The van der Waals surface area contributed by atoms with E-state index in [1.165, 1.54) is 27.1 Å². The molecule has 0 aliphatic heterocycles. The van der Waals surface area contributed by atoms with Crippen LogP contribution < -0.4 is 0 Å². The molecule has 2 heteroatoms. The number of benzene rings is 1. The predicted molar refractivity (Wildman–Crippen MR) is 93.1 cm³/mol. The number of fused-ring (bicyclic) bond motifs is 1. The van der Waals surface area contributed by atoms with E-state index < -0.39 is 0 Å². The van der Waals surface area contributed by atoms with Crippen LogP contribution in [0.2, 0.25) is 13.1 Å². The van der Waals surface area contributed by atoms with Crippen LogP contribution in [0.1, 0.15) is 33.3 Å². The Morgan fingerprint density at radius 3 is 2.40 bits per heavy atom. The van der Waals surface area contributed by atoms with Crippen LogP contribution in [0.15, 0.2) is 29.8 Å². The Kier molecular flexibility index (Phi) is 3.47. The van der Waals surface area contributed by atoms with Crippen LogP contribution in [0.3, 0.4) is 0 Å². The summed E-state index contributed by atoms with van der Waals surface area (Å²) in [6, 6.07) is 8.77. The second-order valence-electron chi connectivity index (χ2n) is 6.02. The zero-order chi connectivity index (χ0) is 14.4. The average molecular weight is 298 g/mol. The molecule has 1 aromatic carbocycles. The van der Waals surface area contributed by atoms with Crippen molar-refractivity contribution in [1.82, 2.24) is 0 Å². The molecule has 1 aliphatic rings. The van der Waals surface area contributed by atoms with E-state index in [9.17, 15) is 0 Å². The molecule has 103 valence electrons. The fourth-order valence-corrected chi connectivity index (χ4v) is 7.15. The Labute approximate surface area is 127 Å². The average Bonchev–Trinajstić information content (AvgIpc) is 2.83. The zero-order valence-corrected chi connectivity index (χ0v) is 14.7. The summed E-state index contributed by atoms with van der Waals surface area (Å²) in [6.45, 7) is 11.7. The second-order valence-corrected chi connectivity index (χ2v) is 10.0. The van der Waals surface area contributed by atoms with Crippen molar-refractivity contribution in [2.24, 2.45) is 0 Å². The first-order valence-corrected chi connectivity index (χ1v) is 10.6. The molecule has 1 radical (unpaired) electrons. The molecule has 0 amide bonds. The highest BCUT2D eigenvalue weighted by Gasteiger charge is 2.31. The number of aryl methyl sites for hydroxylation is 2. The maximum absolute atomic E-state index is 2.45. The van der Waals surface area contributed by atoms with Crippen molar-refractivity contribution in [3.05, 3.63) is 50.7 Å². The summed E-state index contributed by atoms with van der Waals surface area (Å²) in [4.78, 5) is 3.10. The number of thiophene rings is 1. The number of rotatable bonds is 2. The van der Waals surface area contributed by atoms with Gasteiger partial charge in [-0.1, -0.05) is 49.0 Å². The minimum absolute atomic E-state index is 0.325. The van der Waals surface area contributed by atoms with E-state index >= 15 is 0 Å². The van der Waals surface area contributed by atoms with Crippen LogP contribution >= 0.6 is 11.3 Å². The van der Waals surface area contributed by atoms with E-state index in [4.69, 9.17) is 0 Å². The van der Waals surface area contributed by atoms with Gasteiger partial charge < -0.3 is 0 Å². The minimum Gasteiger partial charge on any atom is -0.144 e. The smallest absolute Gasteiger partial charge is 0.0562 e. The first-order chi connectivity index (χ1) is 9.50. The van der Waals surface area contributed by atoms with Gasteiger partial charge in [-0.15, -0.1) is 11.3 Å². The molecule has 1 aromatic heterocycles.